The molecular weight excluding hydrogens is 295 g/mol. The highest BCUT2D eigenvalue weighted by molar-refractivity contribution is 6.36. The van der Waals surface area contributed by atoms with Crippen LogP contribution in [0.4, 0.5) is 5.69 Å². The smallest absolute Gasteiger partial charge is 0.255 e. The summed E-state index contributed by atoms with van der Waals surface area (Å²) in [5.74, 6) is -0.344. The number of nitrogens with zero attached hydrogens (tertiary/aromatic N) is 1. The second-order valence-corrected chi connectivity index (χ2v) is 5.04. The Labute approximate surface area is 126 Å². The van der Waals surface area contributed by atoms with Gasteiger partial charge in [-0.15, -0.1) is 0 Å². The Morgan fingerprint density at radius 3 is 2.65 bits per heavy atom. The molecule has 3 nitrogen and oxygen atoms in total. The number of nitriles is 1. The van der Waals surface area contributed by atoms with E-state index in [2.05, 4.69) is 5.32 Å². The number of carbonyl (C=O) groups is 1. The number of hydrogen-bond acceptors (Lipinski definition) is 2. The van der Waals surface area contributed by atoms with Crippen LogP contribution in [0.3, 0.4) is 0 Å². The van der Waals surface area contributed by atoms with Crippen molar-refractivity contribution in [2.24, 2.45) is 0 Å². The first-order chi connectivity index (χ1) is 9.51. The fourth-order valence-electron chi connectivity index (χ4n) is 1.67. The van der Waals surface area contributed by atoms with Gasteiger partial charge in [0.1, 0.15) is 0 Å². The molecule has 1 amide bonds. The predicted molar refractivity (Wildman–Crippen MR) is 80.3 cm³/mol. The van der Waals surface area contributed by atoms with E-state index in [1.165, 1.54) is 6.07 Å². The third-order valence-corrected chi connectivity index (χ3v) is 3.47. The maximum atomic E-state index is 12.1. The number of halogens is 2. The van der Waals surface area contributed by atoms with Crippen LogP contribution >= 0.6 is 23.2 Å². The largest absolute Gasteiger partial charge is 0.321 e. The molecule has 0 bridgehead atoms. The molecule has 1 N–H and O–H groups in total. The summed E-state index contributed by atoms with van der Waals surface area (Å²) in [7, 11) is 0. The third-order valence-electron chi connectivity index (χ3n) is 2.75. The molecule has 0 saturated heterocycles. The first-order valence-corrected chi connectivity index (χ1v) is 6.54. The molecular formula is C15H10Cl2N2O. The van der Waals surface area contributed by atoms with Crippen LogP contribution in [-0.2, 0) is 0 Å². The summed E-state index contributed by atoms with van der Waals surface area (Å²) in [6.45, 7) is 1.83. The van der Waals surface area contributed by atoms with Gasteiger partial charge in [0.2, 0.25) is 0 Å². The van der Waals surface area contributed by atoms with Crippen molar-refractivity contribution in [3.63, 3.8) is 0 Å². The Bertz CT molecular complexity index is 720. The number of amides is 1. The SMILES string of the molecule is Cc1cc(Cl)c(NC(=O)c2cccc(C#N)c2)cc1Cl. The van der Waals surface area contributed by atoms with Gasteiger partial charge in [0.05, 0.1) is 22.3 Å². The molecule has 5 heteroatoms. The molecule has 2 rings (SSSR count). The maximum absolute atomic E-state index is 12.1. The second kappa shape index (κ2) is 5.96. The van der Waals surface area contributed by atoms with Crippen LogP contribution < -0.4 is 5.32 Å². The van der Waals surface area contributed by atoms with Gasteiger partial charge in [0, 0.05) is 10.6 Å². The van der Waals surface area contributed by atoms with Crippen molar-refractivity contribution in [3.8, 4) is 6.07 Å². The topological polar surface area (TPSA) is 52.9 Å². The molecule has 0 aliphatic rings. The molecule has 0 aromatic heterocycles. The zero-order valence-corrected chi connectivity index (χ0v) is 12.1. The van der Waals surface area contributed by atoms with Gasteiger partial charge in [-0.2, -0.15) is 5.26 Å². The highest BCUT2D eigenvalue weighted by Crippen LogP contribution is 2.29. The zero-order chi connectivity index (χ0) is 14.7. The van der Waals surface area contributed by atoms with Crippen molar-refractivity contribution in [1.82, 2.24) is 0 Å². The molecule has 100 valence electrons. The lowest BCUT2D eigenvalue weighted by Gasteiger charge is -2.09. The number of benzene rings is 2. The highest BCUT2D eigenvalue weighted by Gasteiger charge is 2.10. The Balaban J connectivity index is 2.28. The Hall–Kier alpha value is -2.02. The van der Waals surface area contributed by atoms with Crippen molar-refractivity contribution in [2.75, 3.05) is 5.32 Å². The van der Waals surface area contributed by atoms with Crippen LogP contribution in [0, 0.1) is 18.3 Å². The first-order valence-electron chi connectivity index (χ1n) is 5.78. The molecule has 2 aromatic rings. The Morgan fingerprint density at radius 2 is 1.95 bits per heavy atom. The quantitative estimate of drug-likeness (QED) is 0.892. The lowest BCUT2D eigenvalue weighted by molar-refractivity contribution is 0.102. The van der Waals surface area contributed by atoms with Crippen molar-refractivity contribution >= 4 is 34.8 Å². The number of aryl methyl sites for hydroxylation is 1. The lowest BCUT2D eigenvalue weighted by atomic mass is 10.1. The molecule has 0 aliphatic heterocycles. The highest BCUT2D eigenvalue weighted by atomic mass is 35.5. The number of nitrogens with one attached hydrogen (secondary N) is 1. The molecule has 0 fully saturated rings. The van der Waals surface area contributed by atoms with E-state index in [-0.39, 0.29) is 5.91 Å². The van der Waals surface area contributed by atoms with Gasteiger partial charge in [0.15, 0.2) is 0 Å². The van der Waals surface area contributed by atoms with E-state index in [1.54, 1.807) is 30.3 Å². The summed E-state index contributed by atoms with van der Waals surface area (Å²) in [6.07, 6.45) is 0. The van der Waals surface area contributed by atoms with Crippen LogP contribution in [0.1, 0.15) is 21.5 Å². The van der Waals surface area contributed by atoms with E-state index >= 15 is 0 Å². The lowest BCUT2D eigenvalue weighted by Crippen LogP contribution is -2.12. The number of anilines is 1. The molecule has 0 atom stereocenters. The van der Waals surface area contributed by atoms with Gasteiger partial charge in [-0.3, -0.25) is 4.79 Å². The van der Waals surface area contributed by atoms with Gasteiger partial charge < -0.3 is 5.32 Å². The summed E-state index contributed by atoms with van der Waals surface area (Å²) in [4.78, 5) is 12.1. The molecule has 0 spiro atoms. The summed E-state index contributed by atoms with van der Waals surface area (Å²) in [5, 5.41) is 12.4. The molecule has 0 heterocycles. The van der Waals surface area contributed by atoms with Crippen LogP contribution in [0.2, 0.25) is 10.0 Å². The molecule has 2 aromatic carbocycles. The summed E-state index contributed by atoms with van der Waals surface area (Å²) in [6, 6.07) is 11.7. The van der Waals surface area contributed by atoms with E-state index in [0.29, 0.717) is 26.9 Å². The van der Waals surface area contributed by atoms with Crippen molar-refractivity contribution in [1.29, 1.82) is 5.26 Å². The third kappa shape index (κ3) is 3.11. The fourth-order valence-corrected chi connectivity index (χ4v) is 2.10. The van der Waals surface area contributed by atoms with E-state index in [9.17, 15) is 4.79 Å². The molecule has 20 heavy (non-hydrogen) atoms. The zero-order valence-electron chi connectivity index (χ0n) is 10.6. The summed E-state index contributed by atoms with van der Waals surface area (Å²) in [5.41, 5.74) is 2.08. The number of rotatable bonds is 2. The van der Waals surface area contributed by atoms with Gasteiger partial charge >= 0.3 is 0 Å². The average Bonchev–Trinajstić information content (AvgIpc) is 2.44. The Kier molecular flexibility index (Phi) is 4.29. The van der Waals surface area contributed by atoms with Crippen molar-refractivity contribution < 1.29 is 4.79 Å². The minimum absolute atomic E-state index is 0.344. The van der Waals surface area contributed by atoms with Crippen LogP contribution in [0.25, 0.3) is 0 Å². The van der Waals surface area contributed by atoms with Gasteiger partial charge in [-0.1, -0.05) is 29.3 Å². The molecule has 0 saturated carbocycles. The molecule has 0 radical (unpaired) electrons. The minimum Gasteiger partial charge on any atom is -0.321 e. The van der Waals surface area contributed by atoms with Crippen LogP contribution in [0.15, 0.2) is 36.4 Å². The molecule has 0 aliphatic carbocycles. The number of carbonyl (C=O) groups excluding carboxylic acids is 1. The normalized spacial score (nSPS) is 9.90. The fraction of sp³-hybridized carbons (Fsp3) is 0.0667. The monoisotopic (exact) mass is 304 g/mol. The summed E-state index contributed by atoms with van der Waals surface area (Å²) >= 11 is 12.1. The van der Waals surface area contributed by atoms with Gasteiger partial charge in [-0.25, -0.2) is 0 Å². The summed E-state index contributed by atoms with van der Waals surface area (Å²) < 4.78 is 0. The minimum atomic E-state index is -0.344. The Morgan fingerprint density at radius 1 is 1.20 bits per heavy atom. The standard InChI is InChI=1S/C15H10Cl2N2O/c1-9-5-13(17)14(7-12(9)16)19-15(20)11-4-2-3-10(6-11)8-18/h2-7H,1H3,(H,19,20). The second-order valence-electron chi connectivity index (χ2n) is 4.23. The van der Waals surface area contributed by atoms with E-state index in [0.717, 1.165) is 5.56 Å². The predicted octanol–water partition coefficient (Wildman–Crippen LogP) is 4.43. The van der Waals surface area contributed by atoms with Crippen LogP contribution in [-0.4, -0.2) is 5.91 Å². The van der Waals surface area contributed by atoms with E-state index in [4.69, 9.17) is 28.5 Å². The van der Waals surface area contributed by atoms with E-state index in [1.807, 2.05) is 13.0 Å². The van der Waals surface area contributed by atoms with Crippen LogP contribution in [0.5, 0.6) is 0 Å². The van der Waals surface area contributed by atoms with Gasteiger partial charge in [-0.05, 0) is 42.8 Å². The molecule has 0 unspecified atom stereocenters. The first kappa shape index (κ1) is 14.4. The number of hydrogen-bond donors (Lipinski definition) is 1. The van der Waals surface area contributed by atoms with Crippen molar-refractivity contribution in [2.45, 2.75) is 6.92 Å². The van der Waals surface area contributed by atoms with Crippen molar-refractivity contribution in [3.05, 3.63) is 63.1 Å². The van der Waals surface area contributed by atoms with E-state index < -0.39 is 0 Å². The average molecular weight is 305 g/mol. The maximum Gasteiger partial charge on any atom is 0.255 e. The van der Waals surface area contributed by atoms with Gasteiger partial charge in [0.25, 0.3) is 5.91 Å².